The van der Waals surface area contributed by atoms with Crippen LogP contribution in [0.3, 0.4) is 0 Å². The van der Waals surface area contributed by atoms with Gasteiger partial charge in [0, 0.05) is 31.0 Å². The van der Waals surface area contributed by atoms with Gasteiger partial charge in [0.2, 0.25) is 5.91 Å². The van der Waals surface area contributed by atoms with Gasteiger partial charge in [0.1, 0.15) is 5.54 Å². The molecule has 0 atom stereocenters. The van der Waals surface area contributed by atoms with Crippen LogP contribution in [0.5, 0.6) is 0 Å². The first-order chi connectivity index (χ1) is 11.9. The van der Waals surface area contributed by atoms with E-state index in [0.29, 0.717) is 19.4 Å². The van der Waals surface area contributed by atoms with Gasteiger partial charge in [0.25, 0.3) is 5.91 Å². The lowest BCUT2D eigenvalue weighted by atomic mass is 9.98. The number of benzene rings is 1. The molecule has 4 amide bonds. The van der Waals surface area contributed by atoms with Crippen LogP contribution in [-0.2, 0) is 16.1 Å². The molecule has 25 heavy (non-hydrogen) atoms. The standard InChI is InChI=1S/C18H22BrN3O3/c1-21(12-13-6-2-3-7-14(13)19)15(23)8-11-22-16(24)18(20-17(22)25)9-4-5-10-18/h2-3,6-7H,4-5,8-12H2,1H3,(H,20,25). The Morgan fingerprint density at radius 2 is 1.96 bits per heavy atom. The van der Waals surface area contributed by atoms with Crippen LogP contribution in [0.1, 0.15) is 37.7 Å². The van der Waals surface area contributed by atoms with Crippen LogP contribution in [0.25, 0.3) is 0 Å². The van der Waals surface area contributed by atoms with Gasteiger partial charge in [-0.2, -0.15) is 0 Å². The summed E-state index contributed by atoms with van der Waals surface area (Å²) in [4.78, 5) is 39.9. The number of amides is 4. The normalized spacial score (nSPS) is 18.7. The summed E-state index contributed by atoms with van der Waals surface area (Å²) >= 11 is 3.47. The Morgan fingerprint density at radius 3 is 2.64 bits per heavy atom. The Labute approximate surface area is 155 Å². The molecule has 0 bridgehead atoms. The summed E-state index contributed by atoms with van der Waals surface area (Å²) in [7, 11) is 1.73. The van der Waals surface area contributed by atoms with Gasteiger partial charge in [0.15, 0.2) is 0 Å². The molecule has 1 saturated carbocycles. The first-order valence-corrected chi connectivity index (χ1v) is 9.34. The lowest BCUT2D eigenvalue weighted by molar-refractivity contribution is -0.133. The van der Waals surface area contributed by atoms with Crippen molar-refractivity contribution < 1.29 is 14.4 Å². The number of hydrogen-bond acceptors (Lipinski definition) is 3. The van der Waals surface area contributed by atoms with Crippen molar-refractivity contribution >= 4 is 33.8 Å². The quantitative estimate of drug-likeness (QED) is 0.762. The fraction of sp³-hybridized carbons (Fsp3) is 0.500. The van der Waals surface area contributed by atoms with Crippen LogP contribution in [0.4, 0.5) is 4.79 Å². The number of carbonyl (C=O) groups is 3. The monoisotopic (exact) mass is 407 g/mol. The van der Waals surface area contributed by atoms with Gasteiger partial charge in [-0.05, 0) is 24.5 Å². The smallest absolute Gasteiger partial charge is 0.325 e. The van der Waals surface area contributed by atoms with Gasteiger partial charge in [-0.15, -0.1) is 0 Å². The summed E-state index contributed by atoms with van der Waals surface area (Å²) in [5, 5.41) is 2.84. The lowest BCUT2D eigenvalue weighted by Gasteiger charge is -2.21. The van der Waals surface area contributed by atoms with E-state index >= 15 is 0 Å². The predicted molar refractivity (Wildman–Crippen MR) is 96.7 cm³/mol. The van der Waals surface area contributed by atoms with Crippen molar-refractivity contribution in [3.05, 3.63) is 34.3 Å². The highest BCUT2D eigenvalue weighted by Crippen LogP contribution is 2.35. The lowest BCUT2D eigenvalue weighted by Crippen LogP contribution is -2.44. The van der Waals surface area contributed by atoms with E-state index in [-0.39, 0.29) is 30.8 Å². The molecule has 134 valence electrons. The molecule has 1 heterocycles. The zero-order valence-corrected chi connectivity index (χ0v) is 15.8. The summed E-state index contributed by atoms with van der Waals surface area (Å²) in [6.07, 6.45) is 3.44. The first kappa shape index (κ1) is 17.9. The van der Waals surface area contributed by atoms with E-state index in [1.54, 1.807) is 11.9 Å². The molecule has 0 radical (unpaired) electrons. The van der Waals surface area contributed by atoms with Crippen LogP contribution in [0.2, 0.25) is 0 Å². The SMILES string of the molecule is CN(Cc1ccccc1Br)C(=O)CCN1C(=O)NC2(CCCC2)C1=O. The van der Waals surface area contributed by atoms with Crippen LogP contribution >= 0.6 is 15.9 Å². The Morgan fingerprint density at radius 1 is 1.28 bits per heavy atom. The zero-order chi connectivity index (χ0) is 18.0. The van der Waals surface area contributed by atoms with Crippen LogP contribution in [0, 0.1) is 0 Å². The number of nitrogens with zero attached hydrogens (tertiary/aromatic N) is 2. The summed E-state index contributed by atoms with van der Waals surface area (Å²) in [6.45, 7) is 0.607. The molecule has 1 saturated heterocycles. The minimum atomic E-state index is -0.707. The maximum Gasteiger partial charge on any atom is 0.325 e. The number of rotatable bonds is 5. The van der Waals surface area contributed by atoms with Crippen molar-refractivity contribution in [2.75, 3.05) is 13.6 Å². The second-order valence-corrected chi connectivity index (χ2v) is 7.62. The molecular formula is C18H22BrN3O3. The van der Waals surface area contributed by atoms with Gasteiger partial charge in [-0.1, -0.05) is 47.0 Å². The Bertz CT molecular complexity index is 701. The number of halogens is 1. The minimum Gasteiger partial charge on any atom is -0.341 e. The van der Waals surface area contributed by atoms with Crippen molar-refractivity contribution in [3.8, 4) is 0 Å². The third kappa shape index (κ3) is 3.56. The molecule has 0 unspecified atom stereocenters. The van der Waals surface area contributed by atoms with Crippen molar-refractivity contribution in [1.82, 2.24) is 15.1 Å². The van der Waals surface area contributed by atoms with Crippen molar-refractivity contribution in [3.63, 3.8) is 0 Å². The van der Waals surface area contributed by atoms with E-state index in [4.69, 9.17) is 0 Å². The first-order valence-electron chi connectivity index (χ1n) is 8.54. The van der Waals surface area contributed by atoms with Crippen LogP contribution < -0.4 is 5.32 Å². The molecule has 1 aliphatic heterocycles. The van der Waals surface area contributed by atoms with Gasteiger partial charge in [-0.3, -0.25) is 14.5 Å². The van der Waals surface area contributed by atoms with Gasteiger partial charge in [0.05, 0.1) is 0 Å². The molecule has 1 N–H and O–H groups in total. The molecule has 2 aliphatic rings. The third-order valence-corrected chi connectivity index (χ3v) is 5.82. The average molecular weight is 408 g/mol. The second kappa shape index (κ2) is 7.15. The summed E-state index contributed by atoms with van der Waals surface area (Å²) < 4.78 is 0.951. The third-order valence-electron chi connectivity index (χ3n) is 5.04. The van der Waals surface area contributed by atoms with E-state index in [1.165, 1.54) is 4.90 Å². The van der Waals surface area contributed by atoms with Gasteiger partial charge in [-0.25, -0.2) is 4.79 Å². The second-order valence-electron chi connectivity index (χ2n) is 6.77. The van der Waals surface area contributed by atoms with Crippen molar-refractivity contribution in [2.45, 2.75) is 44.2 Å². The molecule has 3 rings (SSSR count). The van der Waals surface area contributed by atoms with Gasteiger partial charge < -0.3 is 10.2 Å². The van der Waals surface area contributed by atoms with Crippen LogP contribution in [0.15, 0.2) is 28.7 Å². The maximum absolute atomic E-state index is 12.6. The fourth-order valence-electron chi connectivity index (χ4n) is 3.57. The molecule has 6 nitrogen and oxygen atoms in total. The molecule has 1 aliphatic carbocycles. The van der Waals surface area contributed by atoms with Crippen molar-refractivity contribution in [2.24, 2.45) is 0 Å². The molecule has 2 fully saturated rings. The molecule has 1 aromatic carbocycles. The van der Waals surface area contributed by atoms with Gasteiger partial charge >= 0.3 is 6.03 Å². The average Bonchev–Trinajstić information content (AvgIpc) is 3.14. The van der Waals surface area contributed by atoms with Crippen LogP contribution in [-0.4, -0.2) is 46.8 Å². The molecule has 1 aromatic rings. The number of imide groups is 1. The minimum absolute atomic E-state index is 0.0938. The molecular weight excluding hydrogens is 386 g/mol. The van der Waals surface area contributed by atoms with E-state index in [0.717, 1.165) is 22.9 Å². The highest BCUT2D eigenvalue weighted by molar-refractivity contribution is 9.10. The van der Waals surface area contributed by atoms with E-state index in [1.807, 2.05) is 24.3 Å². The molecule has 7 heteroatoms. The highest BCUT2D eigenvalue weighted by Gasteiger charge is 2.52. The largest absolute Gasteiger partial charge is 0.341 e. The summed E-state index contributed by atoms with van der Waals surface area (Å²) in [5.41, 5.74) is 0.305. The molecule has 0 aromatic heterocycles. The number of urea groups is 1. The predicted octanol–water partition coefficient (Wildman–Crippen LogP) is 2.66. The Hall–Kier alpha value is -1.89. The maximum atomic E-state index is 12.6. The van der Waals surface area contributed by atoms with E-state index in [2.05, 4.69) is 21.2 Å². The highest BCUT2D eigenvalue weighted by atomic mass is 79.9. The van der Waals surface area contributed by atoms with E-state index < -0.39 is 5.54 Å². The summed E-state index contributed by atoms with van der Waals surface area (Å²) in [5.74, 6) is -0.264. The molecule has 1 spiro atoms. The number of nitrogens with one attached hydrogen (secondary N) is 1. The van der Waals surface area contributed by atoms with Crippen molar-refractivity contribution in [1.29, 1.82) is 0 Å². The Kier molecular flexibility index (Phi) is 5.13. The van der Waals surface area contributed by atoms with E-state index in [9.17, 15) is 14.4 Å². The number of hydrogen-bond donors (Lipinski definition) is 1. The Balaban J connectivity index is 1.56. The fourth-order valence-corrected chi connectivity index (χ4v) is 3.98. The topological polar surface area (TPSA) is 69.7 Å². The number of carbonyl (C=O) groups excluding carboxylic acids is 3. The summed E-state index contributed by atoms with van der Waals surface area (Å²) in [6, 6.07) is 7.36. The zero-order valence-electron chi connectivity index (χ0n) is 14.3.